The van der Waals surface area contributed by atoms with E-state index in [1.807, 2.05) is 0 Å². The van der Waals surface area contributed by atoms with Crippen molar-refractivity contribution in [3.05, 3.63) is 10.4 Å². The lowest BCUT2D eigenvalue weighted by Gasteiger charge is -2.43. The Balaban J connectivity index is 3.10. The normalized spacial score (nSPS) is 25.4. The van der Waals surface area contributed by atoms with Crippen LogP contribution in [-0.2, 0) is 42.9 Å². The topological polar surface area (TPSA) is 163 Å². The summed E-state index contributed by atoms with van der Waals surface area (Å²) in [5.41, 5.74) is 8.18. The molecule has 0 aliphatic carbocycles. The van der Waals surface area contributed by atoms with Crippen LogP contribution < -0.4 is 0 Å². The van der Waals surface area contributed by atoms with Crippen LogP contribution in [-0.4, -0.2) is 73.1 Å². The standard InChI is InChI=1S/C17H25N3O9S/c1-9(21)26-8-12-15(27-10(2)22)16(28-11(3)23)14(19-20-18)17(29-12)30-7-5-6-13(24)25-4/h12,14-17H,5-8H2,1-4H3/t12-,14-,15+,16-,17?/m1/s1. The Morgan fingerprint density at radius 1 is 1.07 bits per heavy atom. The van der Waals surface area contributed by atoms with E-state index in [9.17, 15) is 19.2 Å². The Hall–Kier alpha value is -2.50. The summed E-state index contributed by atoms with van der Waals surface area (Å²) in [4.78, 5) is 48.6. The van der Waals surface area contributed by atoms with E-state index in [1.165, 1.54) is 25.8 Å². The number of carbonyl (C=O) groups is 4. The van der Waals surface area contributed by atoms with Crippen LogP contribution in [0.15, 0.2) is 5.11 Å². The first-order chi connectivity index (χ1) is 14.2. The zero-order chi connectivity index (χ0) is 22.7. The minimum Gasteiger partial charge on any atom is -0.469 e. The number of thioether (sulfide) groups is 1. The number of esters is 4. The van der Waals surface area contributed by atoms with Gasteiger partial charge in [0, 0.05) is 32.1 Å². The molecule has 1 heterocycles. The highest BCUT2D eigenvalue weighted by Gasteiger charge is 2.50. The smallest absolute Gasteiger partial charge is 0.305 e. The van der Waals surface area contributed by atoms with E-state index < -0.39 is 47.7 Å². The molecule has 0 spiro atoms. The number of methoxy groups -OCH3 is 1. The van der Waals surface area contributed by atoms with E-state index in [-0.39, 0.29) is 19.0 Å². The molecule has 5 atom stereocenters. The lowest BCUT2D eigenvalue weighted by molar-refractivity contribution is -0.208. The molecule has 1 saturated heterocycles. The molecule has 1 aliphatic heterocycles. The van der Waals surface area contributed by atoms with Crippen molar-refractivity contribution >= 4 is 35.6 Å². The third-order valence-electron chi connectivity index (χ3n) is 3.89. The number of nitrogens with zero attached hydrogens (tertiary/aromatic N) is 3. The van der Waals surface area contributed by atoms with Gasteiger partial charge < -0.3 is 23.7 Å². The molecule has 0 aromatic rings. The Morgan fingerprint density at radius 3 is 2.23 bits per heavy atom. The number of rotatable bonds is 10. The van der Waals surface area contributed by atoms with Crippen LogP contribution in [0.1, 0.15) is 33.6 Å². The molecule has 0 aromatic heterocycles. The molecule has 0 aromatic carbocycles. The zero-order valence-corrected chi connectivity index (χ0v) is 18.0. The van der Waals surface area contributed by atoms with Gasteiger partial charge >= 0.3 is 23.9 Å². The average molecular weight is 447 g/mol. The number of hydrogen-bond acceptors (Lipinski definition) is 11. The molecule has 12 nitrogen and oxygen atoms in total. The van der Waals surface area contributed by atoms with Crippen molar-refractivity contribution in [3.8, 4) is 0 Å². The predicted molar refractivity (Wildman–Crippen MR) is 103 cm³/mol. The third-order valence-corrected chi connectivity index (χ3v) is 5.13. The highest BCUT2D eigenvalue weighted by atomic mass is 32.2. The summed E-state index contributed by atoms with van der Waals surface area (Å²) in [7, 11) is 1.29. The van der Waals surface area contributed by atoms with Gasteiger partial charge in [-0.2, -0.15) is 0 Å². The molecule has 1 rings (SSSR count). The molecule has 1 unspecified atom stereocenters. The molecule has 0 bridgehead atoms. The van der Waals surface area contributed by atoms with E-state index in [0.717, 1.165) is 13.8 Å². The van der Waals surface area contributed by atoms with Gasteiger partial charge in [0.1, 0.15) is 24.2 Å². The van der Waals surface area contributed by atoms with Gasteiger partial charge in [0.25, 0.3) is 0 Å². The molecule has 168 valence electrons. The van der Waals surface area contributed by atoms with Crippen LogP contribution in [0, 0.1) is 0 Å². The van der Waals surface area contributed by atoms with Crippen LogP contribution in [0.5, 0.6) is 0 Å². The first-order valence-corrected chi connectivity index (χ1v) is 10.1. The molecular weight excluding hydrogens is 422 g/mol. The maximum atomic E-state index is 11.7. The van der Waals surface area contributed by atoms with Gasteiger partial charge in [0.15, 0.2) is 12.2 Å². The second kappa shape index (κ2) is 12.9. The highest BCUT2D eigenvalue weighted by molar-refractivity contribution is 7.99. The second-order valence-electron chi connectivity index (χ2n) is 6.24. The van der Waals surface area contributed by atoms with Gasteiger partial charge in [0.05, 0.1) is 7.11 Å². The lowest BCUT2D eigenvalue weighted by Crippen LogP contribution is -2.59. The predicted octanol–water partition coefficient (Wildman–Crippen LogP) is 1.50. The first kappa shape index (κ1) is 25.5. The fraction of sp³-hybridized carbons (Fsp3) is 0.765. The molecule has 0 saturated carbocycles. The monoisotopic (exact) mass is 447 g/mol. The lowest BCUT2D eigenvalue weighted by atomic mass is 9.98. The molecular formula is C17H25N3O9S. The fourth-order valence-corrected chi connectivity index (χ4v) is 3.89. The van der Waals surface area contributed by atoms with E-state index in [0.29, 0.717) is 12.2 Å². The molecule has 0 amide bonds. The summed E-state index contributed by atoms with van der Waals surface area (Å²) in [6.45, 7) is 3.25. The van der Waals surface area contributed by atoms with Gasteiger partial charge in [-0.05, 0) is 17.7 Å². The van der Waals surface area contributed by atoms with Crippen LogP contribution in [0.4, 0.5) is 0 Å². The van der Waals surface area contributed by atoms with E-state index >= 15 is 0 Å². The maximum absolute atomic E-state index is 11.7. The summed E-state index contributed by atoms with van der Waals surface area (Å²) >= 11 is 1.22. The fourth-order valence-electron chi connectivity index (χ4n) is 2.72. The van der Waals surface area contributed by atoms with Gasteiger partial charge in [-0.25, -0.2) is 0 Å². The van der Waals surface area contributed by atoms with Crippen molar-refractivity contribution in [2.45, 2.75) is 63.4 Å². The van der Waals surface area contributed by atoms with E-state index in [1.54, 1.807) is 0 Å². The van der Waals surface area contributed by atoms with Crippen molar-refractivity contribution in [2.24, 2.45) is 5.11 Å². The molecule has 1 fully saturated rings. The largest absolute Gasteiger partial charge is 0.469 e. The van der Waals surface area contributed by atoms with E-state index in [2.05, 4.69) is 14.8 Å². The Labute approximate surface area is 177 Å². The third kappa shape index (κ3) is 8.47. The maximum Gasteiger partial charge on any atom is 0.305 e. The van der Waals surface area contributed by atoms with Crippen LogP contribution >= 0.6 is 11.8 Å². The Bertz CT molecular complexity index is 683. The van der Waals surface area contributed by atoms with Gasteiger partial charge in [-0.15, -0.1) is 11.8 Å². The van der Waals surface area contributed by atoms with Crippen LogP contribution in [0.2, 0.25) is 0 Å². The van der Waals surface area contributed by atoms with Crippen molar-refractivity contribution in [1.29, 1.82) is 0 Å². The molecule has 13 heteroatoms. The van der Waals surface area contributed by atoms with Gasteiger partial charge in [0.2, 0.25) is 0 Å². The Morgan fingerprint density at radius 2 is 1.70 bits per heavy atom. The summed E-state index contributed by atoms with van der Waals surface area (Å²) < 4.78 is 26.0. The number of ether oxygens (including phenoxy) is 5. The van der Waals surface area contributed by atoms with E-state index in [4.69, 9.17) is 24.5 Å². The Kier molecular flexibility index (Phi) is 11.0. The SMILES string of the molecule is COC(=O)CCCSC1O[C@H](COC(C)=O)[C@H](OC(C)=O)[C@H](OC(C)=O)[C@H]1N=[N+]=[N-]. The summed E-state index contributed by atoms with van der Waals surface area (Å²) in [6.07, 6.45) is -2.64. The highest BCUT2D eigenvalue weighted by Crippen LogP contribution is 2.34. The van der Waals surface area contributed by atoms with Crippen molar-refractivity contribution < 1.29 is 42.9 Å². The van der Waals surface area contributed by atoms with Crippen molar-refractivity contribution in [3.63, 3.8) is 0 Å². The average Bonchev–Trinajstić information content (AvgIpc) is 2.66. The minimum absolute atomic E-state index is 0.183. The molecule has 1 aliphatic rings. The number of carbonyl (C=O) groups excluding carboxylic acids is 4. The quantitative estimate of drug-likeness (QED) is 0.120. The van der Waals surface area contributed by atoms with Crippen molar-refractivity contribution in [1.82, 2.24) is 0 Å². The second-order valence-corrected chi connectivity index (χ2v) is 7.45. The molecule has 30 heavy (non-hydrogen) atoms. The molecule has 0 radical (unpaired) electrons. The minimum atomic E-state index is -1.16. The van der Waals surface area contributed by atoms with Crippen LogP contribution in [0.25, 0.3) is 10.4 Å². The number of hydrogen-bond donors (Lipinski definition) is 0. The number of azide groups is 1. The summed E-state index contributed by atoms with van der Waals surface area (Å²) in [5, 5.41) is 3.68. The first-order valence-electron chi connectivity index (χ1n) is 9.05. The van der Waals surface area contributed by atoms with Crippen LogP contribution in [0.3, 0.4) is 0 Å². The van der Waals surface area contributed by atoms with Gasteiger partial charge in [-0.3, -0.25) is 19.2 Å². The molecule has 0 N–H and O–H groups in total. The summed E-state index contributed by atoms with van der Waals surface area (Å²) in [5.74, 6) is -1.88. The van der Waals surface area contributed by atoms with Crippen molar-refractivity contribution in [2.75, 3.05) is 19.5 Å². The van der Waals surface area contributed by atoms with Gasteiger partial charge in [-0.1, -0.05) is 5.11 Å². The summed E-state index contributed by atoms with van der Waals surface area (Å²) in [6, 6.07) is -1.03. The zero-order valence-electron chi connectivity index (χ0n) is 17.1.